The van der Waals surface area contributed by atoms with Crippen LogP contribution in [0.2, 0.25) is 0 Å². The van der Waals surface area contributed by atoms with Gasteiger partial charge in [-0.3, -0.25) is 0 Å². The van der Waals surface area contributed by atoms with Crippen LogP contribution in [0.3, 0.4) is 0 Å². The molecular formula is C19H21F2NO3S. The summed E-state index contributed by atoms with van der Waals surface area (Å²) in [4.78, 5) is 0. The highest BCUT2D eigenvalue weighted by molar-refractivity contribution is 7.88. The number of rotatable bonds is 6. The summed E-state index contributed by atoms with van der Waals surface area (Å²) in [6.07, 6.45) is 1.64. The summed E-state index contributed by atoms with van der Waals surface area (Å²) in [6, 6.07) is 11.3. The monoisotopic (exact) mass is 381 g/mol. The van der Waals surface area contributed by atoms with E-state index in [4.69, 9.17) is 4.74 Å². The molecule has 0 aliphatic carbocycles. The van der Waals surface area contributed by atoms with Crippen LogP contribution in [-0.2, 0) is 15.8 Å². The zero-order valence-electron chi connectivity index (χ0n) is 14.3. The molecule has 0 spiro atoms. The molecule has 1 fully saturated rings. The van der Waals surface area contributed by atoms with E-state index in [-0.39, 0.29) is 23.3 Å². The van der Waals surface area contributed by atoms with Gasteiger partial charge in [-0.05, 0) is 54.8 Å². The van der Waals surface area contributed by atoms with Crippen LogP contribution in [0, 0.1) is 17.6 Å². The molecule has 0 radical (unpaired) electrons. The number of ether oxygens (including phenoxy) is 1. The number of piperidine rings is 1. The highest BCUT2D eigenvalue weighted by Crippen LogP contribution is 2.23. The molecule has 3 rings (SSSR count). The van der Waals surface area contributed by atoms with Crippen LogP contribution in [0.1, 0.15) is 18.4 Å². The SMILES string of the molecule is O=S(=O)(Cc1ccc(F)cc1)N1CCCC(COc2ccc(F)cc2)C1. The van der Waals surface area contributed by atoms with E-state index in [2.05, 4.69) is 0 Å². The molecule has 1 heterocycles. The van der Waals surface area contributed by atoms with Crippen molar-refractivity contribution in [3.8, 4) is 5.75 Å². The minimum atomic E-state index is -3.46. The number of benzene rings is 2. The molecule has 7 heteroatoms. The Kier molecular flexibility index (Phi) is 5.88. The summed E-state index contributed by atoms with van der Waals surface area (Å²) >= 11 is 0. The van der Waals surface area contributed by atoms with Crippen molar-refractivity contribution in [2.45, 2.75) is 18.6 Å². The summed E-state index contributed by atoms with van der Waals surface area (Å²) in [5, 5.41) is 0. The topological polar surface area (TPSA) is 46.6 Å². The molecule has 4 nitrogen and oxygen atoms in total. The van der Waals surface area contributed by atoms with Crippen LogP contribution in [-0.4, -0.2) is 32.4 Å². The summed E-state index contributed by atoms with van der Waals surface area (Å²) in [5.74, 6) is -0.205. The summed E-state index contributed by atoms with van der Waals surface area (Å²) in [5.41, 5.74) is 0.566. The molecule has 1 unspecified atom stereocenters. The zero-order chi connectivity index (χ0) is 18.6. The Morgan fingerprint density at radius 3 is 2.27 bits per heavy atom. The Bertz CT molecular complexity index is 823. The normalized spacial score (nSPS) is 18.6. The first-order valence-electron chi connectivity index (χ1n) is 8.53. The van der Waals surface area contributed by atoms with Crippen LogP contribution in [0.15, 0.2) is 48.5 Å². The highest BCUT2D eigenvalue weighted by Gasteiger charge is 2.29. The lowest BCUT2D eigenvalue weighted by Crippen LogP contribution is -2.42. The van der Waals surface area contributed by atoms with Gasteiger partial charge in [-0.15, -0.1) is 0 Å². The van der Waals surface area contributed by atoms with Gasteiger partial charge in [0.15, 0.2) is 0 Å². The van der Waals surface area contributed by atoms with Gasteiger partial charge in [0.1, 0.15) is 17.4 Å². The van der Waals surface area contributed by atoms with Gasteiger partial charge in [0, 0.05) is 19.0 Å². The molecule has 1 atom stereocenters. The van der Waals surface area contributed by atoms with E-state index in [0.717, 1.165) is 12.8 Å². The molecule has 140 valence electrons. The maximum atomic E-state index is 13.0. The quantitative estimate of drug-likeness (QED) is 0.768. The fourth-order valence-corrected chi connectivity index (χ4v) is 4.68. The Balaban J connectivity index is 1.58. The first-order chi connectivity index (χ1) is 12.4. The average Bonchev–Trinajstić information content (AvgIpc) is 2.63. The lowest BCUT2D eigenvalue weighted by atomic mass is 10.0. The van der Waals surface area contributed by atoms with Gasteiger partial charge in [0.05, 0.1) is 12.4 Å². The lowest BCUT2D eigenvalue weighted by molar-refractivity contribution is 0.180. The van der Waals surface area contributed by atoms with Crippen molar-refractivity contribution in [1.82, 2.24) is 4.31 Å². The molecule has 26 heavy (non-hydrogen) atoms. The molecule has 2 aromatic rings. The second-order valence-electron chi connectivity index (χ2n) is 6.51. The van der Waals surface area contributed by atoms with Crippen LogP contribution in [0.5, 0.6) is 5.75 Å². The number of halogens is 2. The number of nitrogens with zero attached hydrogens (tertiary/aromatic N) is 1. The van der Waals surface area contributed by atoms with Gasteiger partial charge in [-0.1, -0.05) is 12.1 Å². The van der Waals surface area contributed by atoms with E-state index in [9.17, 15) is 17.2 Å². The Morgan fingerprint density at radius 1 is 1.00 bits per heavy atom. The molecule has 0 aromatic heterocycles. The standard InChI is InChI=1S/C19H21F2NO3S/c20-17-5-3-15(4-6-17)14-26(23,24)22-11-1-2-16(12-22)13-25-19-9-7-18(21)8-10-19/h3-10,16H,1-2,11-14H2. The van der Waals surface area contributed by atoms with E-state index in [1.54, 1.807) is 12.1 Å². The average molecular weight is 381 g/mol. The molecule has 0 N–H and O–H groups in total. The van der Waals surface area contributed by atoms with Crippen LogP contribution in [0.4, 0.5) is 8.78 Å². The van der Waals surface area contributed by atoms with Gasteiger partial charge >= 0.3 is 0 Å². The van der Waals surface area contributed by atoms with Crippen LogP contribution in [0.25, 0.3) is 0 Å². The number of hydrogen-bond acceptors (Lipinski definition) is 3. The van der Waals surface area contributed by atoms with E-state index >= 15 is 0 Å². The van der Waals surface area contributed by atoms with Gasteiger partial charge in [0.25, 0.3) is 0 Å². The summed E-state index contributed by atoms with van der Waals surface area (Å²) in [6.45, 7) is 1.26. The lowest BCUT2D eigenvalue weighted by Gasteiger charge is -2.31. The third-order valence-corrected chi connectivity index (χ3v) is 6.25. The molecule has 0 saturated carbocycles. The minimum Gasteiger partial charge on any atom is -0.493 e. The zero-order valence-corrected chi connectivity index (χ0v) is 15.1. The van der Waals surface area contributed by atoms with Gasteiger partial charge < -0.3 is 4.74 Å². The third kappa shape index (κ3) is 5.02. The van der Waals surface area contributed by atoms with Crippen molar-refractivity contribution in [3.63, 3.8) is 0 Å². The summed E-state index contributed by atoms with van der Waals surface area (Å²) < 4.78 is 58.3. The smallest absolute Gasteiger partial charge is 0.218 e. The molecule has 0 bridgehead atoms. The molecule has 1 saturated heterocycles. The van der Waals surface area contributed by atoms with Crippen molar-refractivity contribution in [2.24, 2.45) is 5.92 Å². The van der Waals surface area contributed by atoms with E-state index in [1.165, 1.54) is 40.7 Å². The predicted octanol–water partition coefficient (Wildman–Crippen LogP) is 3.59. The second kappa shape index (κ2) is 8.14. The Hall–Kier alpha value is -1.99. The summed E-state index contributed by atoms with van der Waals surface area (Å²) in [7, 11) is -3.46. The van der Waals surface area contributed by atoms with Crippen molar-refractivity contribution in [1.29, 1.82) is 0 Å². The molecule has 1 aliphatic heterocycles. The van der Waals surface area contributed by atoms with Crippen molar-refractivity contribution >= 4 is 10.0 Å². The van der Waals surface area contributed by atoms with Crippen LogP contribution >= 0.6 is 0 Å². The largest absolute Gasteiger partial charge is 0.493 e. The molecule has 0 amide bonds. The Morgan fingerprint density at radius 2 is 1.62 bits per heavy atom. The molecule has 1 aliphatic rings. The number of hydrogen-bond donors (Lipinski definition) is 0. The second-order valence-corrected chi connectivity index (χ2v) is 8.48. The fourth-order valence-electron chi connectivity index (χ4n) is 3.04. The maximum Gasteiger partial charge on any atom is 0.218 e. The van der Waals surface area contributed by atoms with Gasteiger partial charge in [0.2, 0.25) is 10.0 Å². The fraction of sp³-hybridized carbons (Fsp3) is 0.368. The highest BCUT2D eigenvalue weighted by atomic mass is 32.2. The first-order valence-corrected chi connectivity index (χ1v) is 10.1. The minimum absolute atomic E-state index is 0.0804. The van der Waals surface area contributed by atoms with Crippen molar-refractivity contribution < 1.29 is 21.9 Å². The maximum absolute atomic E-state index is 13.0. The third-order valence-electron chi connectivity index (χ3n) is 4.44. The van der Waals surface area contributed by atoms with Gasteiger partial charge in [-0.2, -0.15) is 0 Å². The Labute approximate surface area is 152 Å². The molecule has 2 aromatic carbocycles. The molecular weight excluding hydrogens is 360 g/mol. The van der Waals surface area contributed by atoms with Crippen LogP contribution < -0.4 is 4.74 Å². The van der Waals surface area contributed by atoms with E-state index < -0.39 is 10.0 Å². The number of sulfonamides is 1. The predicted molar refractivity (Wildman–Crippen MR) is 95.2 cm³/mol. The van der Waals surface area contributed by atoms with E-state index in [0.29, 0.717) is 31.0 Å². The first kappa shape index (κ1) is 18.8. The van der Waals surface area contributed by atoms with Crippen molar-refractivity contribution in [2.75, 3.05) is 19.7 Å². The van der Waals surface area contributed by atoms with E-state index in [1.807, 2.05) is 0 Å². The van der Waals surface area contributed by atoms with Crippen molar-refractivity contribution in [3.05, 3.63) is 65.7 Å². The van der Waals surface area contributed by atoms with Gasteiger partial charge in [-0.25, -0.2) is 21.5 Å².